The largest absolute Gasteiger partial charge is 0.481 e. The van der Waals surface area contributed by atoms with Gasteiger partial charge >= 0.3 is 23.9 Å². The van der Waals surface area contributed by atoms with Gasteiger partial charge in [-0.25, -0.2) is 4.79 Å². The van der Waals surface area contributed by atoms with Crippen molar-refractivity contribution in [2.75, 3.05) is 13.2 Å². The van der Waals surface area contributed by atoms with Crippen molar-refractivity contribution in [1.82, 2.24) is 0 Å². The number of rotatable bonds is 23. The number of esters is 1. The third kappa shape index (κ3) is 25.2. The van der Waals surface area contributed by atoms with Gasteiger partial charge in [0.05, 0.1) is 19.4 Å². The van der Waals surface area contributed by atoms with Crippen molar-refractivity contribution in [1.29, 1.82) is 0 Å². The fourth-order valence-corrected chi connectivity index (χ4v) is 3.37. The van der Waals surface area contributed by atoms with Gasteiger partial charge < -0.3 is 35.4 Å². The number of ether oxygens (including phenoxy) is 1. The quantitative estimate of drug-likeness (QED) is 0.0618. The zero-order valence-electron chi connectivity index (χ0n) is 22.7. The summed E-state index contributed by atoms with van der Waals surface area (Å²) >= 11 is 0. The van der Waals surface area contributed by atoms with Crippen molar-refractivity contribution in [3.63, 3.8) is 0 Å². The van der Waals surface area contributed by atoms with Gasteiger partial charge in [0.15, 0.2) is 5.60 Å². The molecule has 0 fully saturated rings. The molecule has 0 rings (SSSR count). The first-order chi connectivity index (χ1) is 18.0. The molecule has 0 saturated carbocycles. The Balaban J connectivity index is 0. The second-order valence-corrected chi connectivity index (χ2v) is 9.33. The molecular formula is C27H48O11. The number of allylic oxidation sites excluding steroid dienone is 2. The van der Waals surface area contributed by atoms with E-state index in [1.807, 2.05) is 0 Å². The molecule has 0 heterocycles. The summed E-state index contributed by atoms with van der Waals surface area (Å²) < 4.78 is 4.86. The maximum absolute atomic E-state index is 11.4. The predicted molar refractivity (Wildman–Crippen MR) is 141 cm³/mol. The van der Waals surface area contributed by atoms with Crippen LogP contribution in [0.25, 0.3) is 0 Å². The van der Waals surface area contributed by atoms with Crippen molar-refractivity contribution >= 4 is 23.9 Å². The number of hydrogen-bond donors (Lipinski definition) is 6. The molecule has 222 valence electrons. The maximum atomic E-state index is 11.4. The van der Waals surface area contributed by atoms with Gasteiger partial charge in [-0.05, 0) is 32.1 Å². The van der Waals surface area contributed by atoms with Gasteiger partial charge in [0, 0.05) is 6.42 Å². The number of carboxylic acid groups (broad SMARTS) is 3. The Bertz CT molecular complexity index is 660. The molecule has 1 unspecified atom stereocenters. The van der Waals surface area contributed by atoms with Gasteiger partial charge in [0.2, 0.25) is 0 Å². The number of aliphatic hydroxyl groups excluding tert-OH is 2. The number of hydrogen-bond acceptors (Lipinski definition) is 8. The van der Waals surface area contributed by atoms with Crippen molar-refractivity contribution in [3.8, 4) is 0 Å². The van der Waals surface area contributed by atoms with Crippen LogP contribution in [-0.4, -0.2) is 79.4 Å². The number of carboxylic acids is 3. The van der Waals surface area contributed by atoms with Crippen LogP contribution in [0.5, 0.6) is 0 Å². The molecule has 38 heavy (non-hydrogen) atoms. The van der Waals surface area contributed by atoms with Crippen molar-refractivity contribution in [2.45, 2.75) is 121 Å². The minimum atomic E-state index is -2.74. The SMILES string of the molecule is CCCCCCCCC=CCCCCCCCC(=O)OCC(O)CO.O=C(O)CC(O)(CC(=O)O)C(=O)O. The van der Waals surface area contributed by atoms with Gasteiger partial charge in [-0.3, -0.25) is 14.4 Å². The highest BCUT2D eigenvalue weighted by Gasteiger charge is 2.40. The van der Waals surface area contributed by atoms with E-state index in [2.05, 4.69) is 19.1 Å². The lowest BCUT2D eigenvalue weighted by molar-refractivity contribution is -0.170. The van der Waals surface area contributed by atoms with Crippen LogP contribution in [0, 0.1) is 0 Å². The van der Waals surface area contributed by atoms with Crippen LogP contribution in [-0.2, 0) is 23.9 Å². The second-order valence-electron chi connectivity index (χ2n) is 9.33. The van der Waals surface area contributed by atoms with E-state index in [9.17, 15) is 19.2 Å². The van der Waals surface area contributed by atoms with Crippen LogP contribution in [0.15, 0.2) is 12.2 Å². The summed E-state index contributed by atoms with van der Waals surface area (Å²) in [6.45, 7) is 1.77. The van der Waals surface area contributed by atoms with E-state index in [1.165, 1.54) is 57.8 Å². The van der Waals surface area contributed by atoms with Crippen molar-refractivity contribution in [3.05, 3.63) is 12.2 Å². The standard InChI is InChI=1S/C21H40O4.C6H8O7/c1-2-3-4-5-6-7-8-9-10-11-12-13-14-15-16-17-21(24)25-19-20(23)18-22;7-3(8)1-6(13,5(11)12)2-4(9)10/h9-10,20,22-23H,2-8,11-19H2,1H3;13H,1-2H2,(H,7,8)(H,9,10)(H,11,12). The number of carbonyl (C=O) groups excluding carboxylic acids is 1. The molecule has 0 aromatic heterocycles. The van der Waals surface area contributed by atoms with Gasteiger partial charge in [-0.15, -0.1) is 0 Å². The van der Waals surface area contributed by atoms with Crippen LogP contribution in [0.1, 0.15) is 110 Å². The number of carbonyl (C=O) groups is 4. The average Bonchev–Trinajstić information content (AvgIpc) is 2.84. The van der Waals surface area contributed by atoms with Gasteiger partial charge in [-0.1, -0.05) is 70.4 Å². The second kappa shape index (κ2) is 24.8. The summed E-state index contributed by atoms with van der Waals surface area (Å²) in [4.78, 5) is 41.9. The van der Waals surface area contributed by atoms with E-state index >= 15 is 0 Å². The van der Waals surface area contributed by atoms with Crippen LogP contribution in [0.3, 0.4) is 0 Å². The number of aliphatic hydroxyl groups is 3. The molecule has 0 saturated heterocycles. The molecule has 0 aliphatic carbocycles. The summed E-state index contributed by atoms with van der Waals surface area (Å²) in [5.74, 6) is -5.31. The molecule has 0 aliphatic rings. The molecule has 0 aliphatic heterocycles. The summed E-state index contributed by atoms with van der Waals surface area (Å²) in [5, 5.41) is 51.5. The summed E-state index contributed by atoms with van der Waals surface area (Å²) in [7, 11) is 0. The Hall–Kier alpha value is -2.50. The molecule has 0 aromatic rings. The summed E-state index contributed by atoms with van der Waals surface area (Å²) in [6.07, 6.45) is 17.8. The number of aliphatic carboxylic acids is 3. The maximum Gasteiger partial charge on any atom is 0.336 e. The molecule has 0 aromatic carbocycles. The Morgan fingerprint density at radius 3 is 1.63 bits per heavy atom. The molecule has 11 nitrogen and oxygen atoms in total. The van der Waals surface area contributed by atoms with Crippen LogP contribution < -0.4 is 0 Å². The molecule has 0 spiro atoms. The minimum absolute atomic E-state index is 0.111. The minimum Gasteiger partial charge on any atom is -0.481 e. The van der Waals surface area contributed by atoms with Gasteiger partial charge in [0.25, 0.3) is 0 Å². The monoisotopic (exact) mass is 548 g/mol. The van der Waals surface area contributed by atoms with Gasteiger partial charge in [-0.2, -0.15) is 0 Å². The molecule has 1 atom stereocenters. The van der Waals surface area contributed by atoms with Crippen LogP contribution in [0.2, 0.25) is 0 Å². The highest BCUT2D eigenvalue weighted by Crippen LogP contribution is 2.15. The molecule has 0 bridgehead atoms. The summed E-state index contributed by atoms with van der Waals surface area (Å²) in [6, 6.07) is 0. The van der Waals surface area contributed by atoms with E-state index in [1.54, 1.807) is 0 Å². The highest BCUT2D eigenvalue weighted by molar-refractivity contribution is 5.88. The molecule has 6 N–H and O–H groups in total. The Kier molecular flexibility index (Phi) is 24.6. The molecule has 0 amide bonds. The Labute approximate surface area is 225 Å². The van der Waals surface area contributed by atoms with E-state index in [4.69, 9.17) is 35.4 Å². The first-order valence-electron chi connectivity index (χ1n) is 13.5. The zero-order chi connectivity index (χ0) is 29.2. The van der Waals surface area contributed by atoms with E-state index in [-0.39, 0.29) is 19.2 Å². The molecule has 0 radical (unpaired) electrons. The lowest BCUT2D eigenvalue weighted by Crippen LogP contribution is -2.42. The van der Waals surface area contributed by atoms with Crippen molar-refractivity contribution < 1.29 is 54.6 Å². The van der Waals surface area contributed by atoms with Crippen LogP contribution in [0.4, 0.5) is 0 Å². The third-order valence-electron chi connectivity index (χ3n) is 5.58. The topological polar surface area (TPSA) is 199 Å². The predicted octanol–water partition coefficient (Wildman–Crippen LogP) is 3.67. The van der Waals surface area contributed by atoms with Crippen LogP contribution >= 0.6 is 0 Å². The number of unbranched alkanes of at least 4 members (excludes halogenated alkanes) is 11. The summed E-state index contributed by atoms with van der Waals surface area (Å²) in [5.41, 5.74) is -2.74. The Morgan fingerprint density at radius 1 is 0.763 bits per heavy atom. The molecule has 11 heteroatoms. The van der Waals surface area contributed by atoms with Gasteiger partial charge in [0.1, 0.15) is 12.7 Å². The normalized spacial score (nSPS) is 12.0. The van der Waals surface area contributed by atoms with E-state index in [0.29, 0.717) is 6.42 Å². The third-order valence-corrected chi connectivity index (χ3v) is 5.58. The molecular weight excluding hydrogens is 500 g/mol. The average molecular weight is 549 g/mol. The lowest BCUT2D eigenvalue weighted by Gasteiger charge is -2.18. The van der Waals surface area contributed by atoms with Crippen molar-refractivity contribution in [2.24, 2.45) is 0 Å². The highest BCUT2D eigenvalue weighted by atomic mass is 16.5. The fraction of sp³-hybridized carbons (Fsp3) is 0.778. The van der Waals surface area contributed by atoms with E-state index < -0.39 is 42.5 Å². The first kappa shape index (κ1) is 37.7. The van der Waals surface area contributed by atoms with E-state index in [0.717, 1.165) is 25.7 Å². The fourth-order valence-electron chi connectivity index (χ4n) is 3.37. The Morgan fingerprint density at radius 2 is 1.21 bits per heavy atom. The lowest BCUT2D eigenvalue weighted by atomic mass is 9.96. The first-order valence-corrected chi connectivity index (χ1v) is 13.5. The zero-order valence-corrected chi connectivity index (χ0v) is 22.7. The smallest absolute Gasteiger partial charge is 0.336 e.